The van der Waals surface area contributed by atoms with Crippen molar-refractivity contribution in [1.29, 1.82) is 0 Å². The zero-order valence-corrected chi connectivity index (χ0v) is 13.4. The molecule has 1 aromatic heterocycles. The van der Waals surface area contributed by atoms with Gasteiger partial charge >= 0.3 is 0 Å². The fraction of sp³-hybridized carbons (Fsp3) is 0.812. The Labute approximate surface area is 125 Å². The maximum Gasteiger partial charge on any atom is 0.185 e. The molecule has 0 radical (unpaired) electrons. The van der Waals surface area contributed by atoms with Gasteiger partial charge in [-0.1, -0.05) is 13.8 Å². The van der Waals surface area contributed by atoms with Gasteiger partial charge in [0, 0.05) is 36.5 Å². The van der Waals surface area contributed by atoms with Gasteiger partial charge in [-0.05, 0) is 37.5 Å². The normalized spacial score (nSPS) is 30.2. The van der Waals surface area contributed by atoms with E-state index in [2.05, 4.69) is 24.1 Å². The van der Waals surface area contributed by atoms with E-state index in [1.165, 1.54) is 54.5 Å². The standard InChI is InChI=1S/C16H25N3S/c1-10-8-19(9-11(10)2)16-18-15(12-3-4-12)14(20-16)7-17-13-5-6-13/h10-13,17H,3-9H2,1-2H3. The van der Waals surface area contributed by atoms with E-state index in [9.17, 15) is 0 Å². The molecule has 0 bridgehead atoms. The average Bonchev–Trinajstić information content (AvgIpc) is 3.34. The van der Waals surface area contributed by atoms with Crippen LogP contribution in [-0.2, 0) is 6.54 Å². The lowest BCUT2D eigenvalue weighted by molar-refractivity contribution is 0.494. The predicted molar refractivity (Wildman–Crippen MR) is 84.5 cm³/mol. The maximum atomic E-state index is 5.03. The molecule has 20 heavy (non-hydrogen) atoms. The molecule has 1 aliphatic heterocycles. The first-order chi connectivity index (χ1) is 9.70. The maximum absolute atomic E-state index is 5.03. The summed E-state index contributed by atoms with van der Waals surface area (Å²) in [5.41, 5.74) is 1.42. The molecule has 3 fully saturated rings. The van der Waals surface area contributed by atoms with Gasteiger partial charge in [0.1, 0.15) is 0 Å². The second-order valence-corrected chi connectivity index (χ2v) is 8.16. The number of nitrogens with zero attached hydrogens (tertiary/aromatic N) is 2. The van der Waals surface area contributed by atoms with Crippen molar-refractivity contribution in [2.45, 2.75) is 58.0 Å². The van der Waals surface area contributed by atoms with Crippen LogP contribution in [0.1, 0.15) is 56.0 Å². The van der Waals surface area contributed by atoms with Crippen molar-refractivity contribution in [1.82, 2.24) is 10.3 Å². The van der Waals surface area contributed by atoms with Crippen LogP contribution in [0.2, 0.25) is 0 Å². The van der Waals surface area contributed by atoms with Gasteiger partial charge in [0.25, 0.3) is 0 Å². The zero-order chi connectivity index (χ0) is 13.7. The van der Waals surface area contributed by atoms with Crippen LogP contribution in [0.25, 0.3) is 0 Å². The zero-order valence-electron chi connectivity index (χ0n) is 12.6. The lowest BCUT2D eigenvalue weighted by Crippen LogP contribution is -2.19. The van der Waals surface area contributed by atoms with Gasteiger partial charge in [-0.2, -0.15) is 0 Å². The molecule has 3 nitrogen and oxygen atoms in total. The number of hydrogen-bond donors (Lipinski definition) is 1. The predicted octanol–water partition coefficient (Wildman–Crippen LogP) is 3.36. The summed E-state index contributed by atoms with van der Waals surface area (Å²) >= 11 is 1.95. The first kappa shape index (κ1) is 13.1. The molecular weight excluding hydrogens is 266 g/mol. The fourth-order valence-electron chi connectivity index (χ4n) is 3.10. The van der Waals surface area contributed by atoms with Crippen molar-refractivity contribution in [3.63, 3.8) is 0 Å². The number of aromatic nitrogens is 1. The first-order valence-electron chi connectivity index (χ1n) is 8.18. The van der Waals surface area contributed by atoms with E-state index in [0.717, 1.165) is 30.3 Å². The molecular formula is C16H25N3S. The third-order valence-corrected chi connectivity index (χ3v) is 6.20. The monoisotopic (exact) mass is 291 g/mol. The minimum absolute atomic E-state index is 0.772. The summed E-state index contributed by atoms with van der Waals surface area (Å²) < 4.78 is 0. The summed E-state index contributed by atoms with van der Waals surface area (Å²) in [6, 6.07) is 0.791. The number of rotatable bonds is 5. The average molecular weight is 291 g/mol. The molecule has 1 aromatic rings. The van der Waals surface area contributed by atoms with E-state index in [-0.39, 0.29) is 0 Å². The Morgan fingerprint density at radius 1 is 1.15 bits per heavy atom. The molecule has 1 N–H and O–H groups in total. The third kappa shape index (κ3) is 2.60. The minimum atomic E-state index is 0.772. The van der Waals surface area contributed by atoms with E-state index < -0.39 is 0 Å². The Hall–Kier alpha value is -0.610. The Bertz CT molecular complexity index is 480. The molecule has 2 unspecified atom stereocenters. The van der Waals surface area contributed by atoms with Gasteiger partial charge in [0.2, 0.25) is 0 Å². The molecule has 3 aliphatic rings. The van der Waals surface area contributed by atoms with Gasteiger partial charge in [0.05, 0.1) is 5.69 Å². The first-order valence-corrected chi connectivity index (χ1v) is 9.00. The SMILES string of the molecule is CC1CN(c2nc(C3CC3)c(CNC3CC3)s2)CC1C. The van der Waals surface area contributed by atoms with Crippen LogP contribution in [0.4, 0.5) is 5.13 Å². The molecule has 1 saturated heterocycles. The van der Waals surface area contributed by atoms with Crippen LogP contribution < -0.4 is 10.2 Å². The Morgan fingerprint density at radius 3 is 2.45 bits per heavy atom. The van der Waals surface area contributed by atoms with E-state index in [1.54, 1.807) is 0 Å². The molecule has 4 heteroatoms. The summed E-state index contributed by atoms with van der Waals surface area (Å²) in [5, 5.41) is 4.96. The summed E-state index contributed by atoms with van der Waals surface area (Å²) in [6.45, 7) is 8.17. The number of hydrogen-bond acceptors (Lipinski definition) is 4. The fourth-order valence-corrected chi connectivity index (χ4v) is 4.21. The molecule has 2 aliphatic carbocycles. The van der Waals surface area contributed by atoms with E-state index in [4.69, 9.17) is 4.98 Å². The van der Waals surface area contributed by atoms with Crippen molar-refractivity contribution in [2.75, 3.05) is 18.0 Å². The van der Waals surface area contributed by atoms with Crippen LogP contribution in [0.5, 0.6) is 0 Å². The molecule has 2 atom stereocenters. The van der Waals surface area contributed by atoms with Crippen LogP contribution in [0.3, 0.4) is 0 Å². The lowest BCUT2D eigenvalue weighted by Gasteiger charge is -2.13. The van der Waals surface area contributed by atoms with Crippen LogP contribution in [0.15, 0.2) is 0 Å². The second-order valence-electron chi connectivity index (χ2n) is 7.09. The van der Waals surface area contributed by atoms with Crippen LogP contribution >= 0.6 is 11.3 Å². The van der Waals surface area contributed by atoms with Crippen molar-refractivity contribution in [2.24, 2.45) is 11.8 Å². The van der Waals surface area contributed by atoms with Crippen LogP contribution in [-0.4, -0.2) is 24.1 Å². The summed E-state index contributed by atoms with van der Waals surface area (Å²) in [7, 11) is 0. The topological polar surface area (TPSA) is 28.2 Å². The number of nitrogens with one attached hydrogen (secondary N) is 1. The minimum Gasteiger partial charge on any atom is -0.348 e. The van der Waals surface area contributed by atoms with Gasteiger partial charge < -0.3 is 10.2 Å². The molecule has 0 spiro atoms. The summed E-state index contributed by atoms with van der Waals surface area (Å²) in [4.78, 5) is 9.06. The van der Waals surface area contributed by atoms with Gasteiger partial charge in [-0.3, -0.25) is 0 Å². The highest BCUT2D eigenvalue weighted by atomic mass is 32.1. The third-order valence-electron chi connectivity index (χ3n) is 5.07. The van der Waals surface area contributed by atoms with E-state index >= 15 is 0 Å². The second kappa shape index (κ2) is 4.99. The van der Waals surface area contributed by atoms with Crippen molar-refractivity contribution in [3.8, 4) is 0 Å². The molecule has 2 saturated carbocycles. The van der Waals surface area contributed by atoms with Gasteiger partial charge in [-0.15, -0.1) is 11.3 Å². The molecule has 4 rings (SSSR count). The summed E-state index contributed by atoms with van der Waals surface area (Å²) in [5.74, 6) is 2.38. The highest BCUT2D eigenvalue weighted by Crippen LogP contribution is 2.45. The molecule has 0 amide bonds. The quantitative estimate of drug-likeness (QED) is 0.901. The highest BCUT2D eigenvalue weighted by molar-refractivity contribution is 7.15. The van der Waals surface area contributed by atoms with E-state index in [1.807, 2.05) is 11.3 Å². The van der Waals surface area contributed by atoms with Crippen molar-refractivity contribution < 1.29 is 0 Å². The van der Waals surface area contributed by atoms with E-state index in [0.29, 0.717) is 0 Å². The van der Waals surface area contributed by atoms with Gasteiger partial charge in [-0.25, -0.2) is 4.98 Å². The van der Waals surface area contributed by atoms with Crippen molar-refractivity contribution >= 4 is 16.5 Å². The largest absolute Gasteiger partial charge is 0.348 e. The Kier molecular flexibility index (Phi) is 3.26. The summed E-state index contributed by atoms with van der Waals surface area (Å²) in [6.07, 6.45) is 5.44. The van der Waals surface area contributed by atoms with Crippen LogP contribution in [0, 0.1) is 11.8 Å². The Morgan fingerprint density at radius 2 is 1.85 bits per heavy atom. The highest BCUT2D eigenvalue weighted by Gasteiger charge is 2.33. The number of anilines is 1. The molecule has 2 heterocycles. The number of thiazole rings is 1. The smallest absolute Gasteiger partial charge is 0.185 e. The molecule has 110 valence electrons. The van der Waals surface area contributed by atoms with Gasteiger partial charge in [0.15, 0.2) is 5.13 Å². The lowest BCUT2D eigenvalue weighted by atomic mass is 10.0. The molecule has 0 aromatic carbocycles. The van der Waals surface area contributed by atoms with Crippen molar-refractivity contribution in [3.05, 3.63) is 10.6 Å². The Balaban J connectivity index is 1.52.